The number of hydrogen-bond donors (Lipinski definition) is 2. The number of methoxy groups -OCH3 is 1. The number of halogens is 3. The van der Waals surface area contributed by atoms with Gasteiger partial charge in [0.15, 0.2) is 23.5 Å². The predicted molar refractivity (Wildman–Crippen MR) is 177 cm³/mol. The van der Waals surface area contributed by atoms with Gasteiger partial charge in [0.2, 0.25) is 17.5 Å². The highest BCUT2D eigenvalue weighted by Gasteiger charge is 2.66. The molecular weight excluding hydrogens is 707 g/mol. The Kier molecular flexibility index (Phi) is 8.58. The quantitative estimate of drug-likeness (QED) is 0.0783. The third-order valence-electron chi connectivity index (χ3n) is 8.04. The van der Waals surface area contributed by atoms with Crippen LogP contribution in [0.25, 0.3) is 11.2 Å². The van der Waals surface area contributed by atoms with E-state index < -0.39 is 29.4 Å². The Bertz CT molecular complexity index is 1830. The highest BCUT2D eigenvalue weighted by molar-refractivity contribution is 14.1. The maximum atomic E-state index is 16.2. The van der Waals surface area contributed by atoms with Gasteiger partial charge in [0.05, 0.1) is 24.5 Å². The molecule has 5 aromatic rings. The molecule has 0 amide bonds. The lowest BCUT2D eigenvalue weighted by Crippen LogP contribution is -2.46. The molecule has 1 aliphatic heterocycles. The lowest BCUT2D eigenvalue weighted by Gasteiger charge is -2.37. The molecule has 1 aliphatic rings. The number of fused-ring (bicyclic) bond motifs is 1. The zero-order chi connectivity index (χ0) is 32.5. The SMILES string of the molecule is C#C[C@]1(F)[C@H](n2cnc3c(OCC)nc(NC(c4ccccc4)(c4ccccc4)c4ccc(OC)cc4)nc32)O[C@](F)(CI)[C@H]1O. The summed E-state index contributed by atoms with van der Waals surface area (Å²) in [7, 11) is 1.60. The number of nitrogens with zero attached hydrogens (tertiary/aromatic N) is 4. The molecular formula is C34H30F2IN5O4. The zero-order valence-electron chi connectivity index (χ0n) is 24.9. The molecule has 1 fully saturated rings. The second-order valence-corrected chi connectivity index (χ2v) is 11.4. The highest BCUT2D eigenvalue weighted by atomic mass is 127. The number of anilines is 1. The Hall–Kier alpha value is -4.32. The summed E-state index contributed by atoms with van der Waals surface area (Å²) < 4.78 is 49.4. The molecule has 6 rings (SSSR count). The summed E-state index contributed by atoms with van der Waals surface area (Å²) in [4.78, 5) is 13.8. The summed E-state index contributed by atoms with van der Waals surface area (Å²) in [5.74, 6) is 0.0340. The lowest BCUT2D eigenvalue weighted by molar-refractivity contribution is -0.167. The average Bonchev–Trinajstić information content (AvgIpc) is 3.61. The van der Waals surface area contributed by atoms with Gasteiger partial charge in [-0.05, 0) is 35.7 Å². The molecule has 3 heterocycles. The summed E-state index contributed by atoms with van der Waals surface area (Å²) in [5, 5.41) is 14.2. The number of nitrogens with one attached hydrogen (secondary N) is 1. The van der Waals surface area contributed by atoms with E-state index in [9.17, 15) is 5.11 Å². The maximum absolute atomic E-state index is 16.2. The van der Waals surface area contributed by atoms with Gasteiger partial charge in [-0.3, -0.25) is 4.57 Å². The van der Waals surface area contributed by atoms with Gasteiger partial charge in [0.25, 0.3) is 5.85 Å². The average molecular weight is 738 g/mol. The number of alkyl halides is 3. The molecule has 0 aliphatic carbocycles. The van der Waals surface area contributed by atoms with Crippen LogP contribution in [0.15, 0.2) is 91.3 Å². The fraction of sp³-hybridized carbons (Fsp3) is 0.265. The molecule has 0 spiro atoms. The van der Waals surface area contributed by atoms with Crippen molar-refractivity contribution in [3.63, 3.8) is 0 Å². The monoisotopic (exact) mass is 737 g/mol. The standard InChI is InChI=1S/C34H30F2IN5O4/c1-4-32(35)29(43)33(36,20-37)46-30(32)42-21-38-26-27(42)39-31(40-28(26)45-5-2)41-34(22-12-8-6-9-13-22,23-14-10-7-11-15-23)24-16-18-25(44-3)19-17-24/h1,6-19,21,29-30,43H,5,20H2,2-3H3,(H,39,40,41)/t29-,30+,32+,33+/m0/s1. The molecule has 2 aromatic heterocycles. The van der Waals surface area contributed by atoms with Gasteiger partial charge >= 0.3 is 0 Å². The van der Waals surface area contributed by atoms with Crippen molar-refractivity contribution in [2.24, 2.45) is 0 Å². The van der Waals surface area contributed by atoms with Gasteiger partial charge in [-0.2, -0.15) is 9.97 Å². The Morgan fingerprint density at radius 2 is 1.63 bits per heavy atom. The van der Waals surface area contributed by atoms with Gasteiger partial charge in [0.1, 0.15) is 11.3 Å². The lowest BCUT2D eigenvalue weighted by atomic mass is 9.77. The first kappa shape index (κ1) is 31.7. The summed E-state index contributed by atoms with van der Waals surface area (Å²) >= 11 is 1.67. The van der Waals surface area contributed by atoms with E-state index in [2.05, 4.69) is 10.3 Å². The van der Waals surface area contributed by atoms with E-state index in [1.54, 1.807) is 36.6 Å². The first-order valence-corrected chi connectivity index (χ1v) is 15.9. The predicted octanol–water partition coefficient (Wildman–Crippen LogP) is 5.97. The van der Waals surface area contributed by atoms with Crippen molar-refractivity contribution in [2.45, 2.75) is 36.3 Å². The minimum atomic E-state index is -2.93. The Labute approximate surface area is 278 Å². The molecule has 236 valence electrons. The topological polar surface area (TPSA) is 104 Å². The third-order valence-corrected chi connectivity index (χ3v) is 9.08. The number of aliphatic hydroxyl groups excluding tert-OH is 1. The number of imidazole rings is 1. The molecule has 46 heavy (non-hydrogen) atoms. The van der Waals surface area contributed by atoms with E-state index in [1.165, 1.54) is 10.9 Å². The van der Waals surface area contributed by atoms with Crippen molar-refractivity contribution < 1.29 is 28.1 Å². The Balaban J connectivity index is 1.59. The van der Waals surface area contributed by atoms with Gasteiger partial charge < -0.3 is 24.6 Å². The third kappa shape index (κ3) is 5.12. The number of terminal acetylenes is 1. The summed E-state index contributed by atoms with van der Waals surface area (Å²) in [6.45, 7) is 2.02. The van der Waals surface area contributed by atoms with E-state index in [-0.39, 0.29) is 34.0 Å². The van der Waals surface area contributed by atoms with Gasteiger partial charge in [-0.15, -0.1) is 6.42 Å². The molecule has 0 bridgehead atoms. The summed E-state index contributed by atoms with van der Waals surface area (Å²) in [6.07, 6.45) is 2.71. The molecule has 3 aromatic carbocycles. The van der Waals surface area contributed by atoms with Crippen molar-refractivity contribution in [3.05, 3.63) is 108 Å². The van der Waals surface area contributed by atoms with Crippen molar-refractivity contribution in [2.75, 3.05) is 23.5 Å². The summed E-state index contributed by atoms with van der Waals surface area (Å²) in [6, 6.07) is 27.1. The Morgan fingerprint density at radius 1 is 1.02 bits per heavy atom. The smallest absolute Gasteiger partial charge is 0.250 e. The van der Waals surface area contributed by atoms with Crippen LogP contribution in [0, 0.1) is 12.3 Å². The van der Waals surface area contributed by atoms with Gasteiger partial charge in [0, 0.05) is 0 Å². The van der Waals surface area contributed by atoms with E-state index in [4.69, 9.17) is 30.6 Å². The van der Waals surface area contributed by atoms with Crippen LogP contribution in [0.1, 0.15) is 29.8 Å². The van der Waals surface area contributed by atoms with Crippen molar-refractivity contribution in [3.8, 4) is 24.0 Å². The van der Waals surface area contributed by atoms with Crippen LogP contribution in [-0.4, -0.2) is 60.4 Å². The highest BCUT2D eigenvalue weighted by Crippen LogP contribution is 2.49. The molecule has 0 radical (unpaired) electrons. The first-order valence-electron chi connectivity index (χ1n) is 14.4. The van der Waals surface area contributed by atoms with Crippen LogP contribution in [0.3, 0.4) is 0 Å². The molecule has 2 N–H and O–H groups in total. The molecule has 0 saturated carbocycles. The minimum Gasteiger partial charge on any atom is -0.497 e. The van der Waals surface area contributed by atoms with Gasteiger partial charge in [-0.25, -0.2) is 13.8 Å². The van der Waals surface area contributed by atoms with Crippen LogP contribution in [0.2, 0.25) is 0 Å². The zero-order valence-corrected chi connectivity index (χ0v) is 27.1. The Morgan fingerprint density at radius 3 is 2.17 bits per heavy atom. The van der Waals surface area contributed by atoms with Crippen LogP contribution >= 0.6 is 22.6 Å². The molecule has 1 saturated heterocycles. The fourth-order valence-electron chi connectivity index (χ4n) is 5.76. The van der Waals surface area contributed by atoms with Crippen molar-refractivity contribution in [1.29, 1.82) is 0 Å². The second kappa shape index (κ2) is 12.5. The fourth-order valence-corrected chi connectivity index (χ4v) is 6.35. The number of ether oxygens (including phenoxy) is 3. The maximum Gasteiger partial charge on any atom is 0.250 e. The number of aliphatic hydroxyl groups is 1. The van der Waals surface area contributed by atoms with Gasteiger partial charge in [-0.1, -0.05) is 101 Å². The number of benzene rings is 3. The summed E-state index contributed by atoms with van der Waals surface area (Å²) in [5.41, 5.74) is -1.20. The molecule has 9 nitrogen and oxygen atoms in total. The number of rotatable bonds is 10. The van der Waals surface area contributed by atoms with Crippen LogP contribution in [-0.2, 0) is 10.3 Å². The largest absolute Gasteiger partial charge is 0.497 e. The number of aromatic nitrogens is 4. The minimum absolute atomic E-state index is 0.0536. The van der Waals surface area contributed by atoms with Crippen LogP contribution in [0.4, 0.5) is 14.7 Å². The van der Waals surface area contributed by atoms with E-state index in [0.717, 1.165) is 16.7 Å². The van der Waals surface area contributed by atoms with E-state index >= 15 is 8.78 Å². The molecule has 12 heteroatoms. The van der Waals surface area contributed by atoms with Crippen LogP contribution < -0.4 is 14.8 Å². The van der Waals surface area contributed by atoms with Crippen molar-refractivity contribution in [1.82, 2.24) is 19.5 Å². The second-order valence-electron chi connectivity index (χ2n) is 10.6. The molecule has 4 atom stereocenters. The molecule has 0 unspecified atom stereocenters. The van der Waals surface area contributed by atoms with E-state index in [1.807, 2.05) is 90.8 Å². The van der Waals surface area contributed by atoms with Crippen molar-refractivity contribution >= 4 is 39.7 Å². The number of hydrogen-bond acceptors (Lipinski definition) is 8. The van der Waals surface area contributed by atoms with Crippen LogP contribution in [0.5, 0.6) is 11.6 Å². The normalized spacial score (nSPS) is 22.8. The van der Waals surface area contributed by atoms with E-state index in [0.29, 0.717) is 5.75 Å². The first-order chi connectivity index (χ1) is 22.2.